The van der Waals surface area contributed by atoms with Crippen molar-refractivity contribution in [3.05, 3.63) is 49.1 Å². The van der Waals surface area contributed by atoms with E-state index in [-0.39, 0.29) is 0 Å². The number of H-pyrrole nitrogens is 1. The Balaban J connectivity index is 1.51. The summed E-state index contributed by atoms with van der Waals surface area (Å²) in [7, 11) is 0. The average molecular weight is 344 g/mol. The van der Waals surface area contributed by atoms with Crippen molar-refractivity contribution < 1.29 is 0 Å². The zero-order valence-corrected chi connectivity index (χ0v) is 14.7. The van der Waals surface area contributed by atoms with Crippen LogP contribution >= 0.6 is 0 Å². The van der Waals surface area contributed by atoms with Gasteiger partial charge in [0.1, 0.15) is 5.65 Å². The number of rotatable bonds is 5. The third-order valence-corrected chi connectivity index (χ3v) is 5.29. The first-order valence-corrected chi connectivity index (χ1v) is 8.83. The maximum atomic E-state index is 4.63. The van der Waals surface area contributed by atoms with E-state index in [1.807, 2.05) is 35.4 Å². The molecule has 0 saturated heterocycles. The van der Waals surface area contributed by atoms with Gasteiger partial charge in [-0.3, -0.25) is 0 Å². The third kappa shape index (κ3) is 2.45. The summed E-state index contributed by atoms with van der Waals surface area (Å²) in [4.78, 5) is 12.4. The molecular formula is C20H20N6. The number of hydrogen-bond donors (Lipinski definition) is 2. The van der Waals surface area contributed by atoms with Crippen molar-refractivity contribution in [3.63, 3.8) is 0 Å². The van der Waals surface area contributed by atoms with Crippen LogP contribution < -0.4 is 5.32 Å². The van der Waals surface area contributed by atoms with Gasteiger partial charge in [0.15, 0.2) is 0 Å². The molecule has 2 N–H and O–H groups in total. The SMILES string of the molecule is C=Cc1cnn2ccc(-c3c[nH]c4nc(NCC5(C)CC5)ncc34)cc12. The molecule has 4 aromatic rings. The minimum Gasteiger partial charge on any atom is -0.354 e. The number of hydrogen-bond acceptors (Lipinski definition) is 4. The molecule has 5 rings (SSSR count). The molecule has 0 amide bonds. The van der Waals surface area contributed by atoms with Crippen LogP contribution in [0.3, 0.4) is 0 Å². The van der Waals surface area contributed by atoms with Crippen LogP contribution in [0.2, 0.25) is 0 Å². The molecule has 4 aromatic heterocycles. The highest BCUT2D eigenvalue weighted by molar-refractivity contribution is 5.94. The fourth-order valence-corrected chi connectivity index (χ4v) is 3.24. The number of fused-ring (bicyclic) bond motifs is 2. The zero-order chi connectivity index (χ0) is 17.7. The fourth-order valence-electron chi connectivity index (χ4n) is 3.24. The number of aromatic nitrogens is 5. The average Bonchev–Trinajstić information content (AvgIpc) is 3.08. The number of pyridine rings is 1. The Morgan fingerprint density at radius 3 is 3.08 bits per heavy atom. The Hall–Kier alpha value is -3.15. The van der Waals surface area contributed by atoms with Crippen molar-refractivity contribution in [2.75, 3.05) is 11.9 Å². The summed E-state index contributed by atoms with van der Waals surface area (Å²) in [5, 5.41) is 8.71. The molecule has 4 heterocycles. The molecule has 0 unspecified atom stereocenters. The summed E-state index contributed by atoms with van der Waals surface area (Å²) in [6.07, 6.45) is 12.0. The summed E-state index contributed by atoms with van der Waals surface area (Å²) in [6, 6.07) is 4.17. The number of anilines is 1. The van der Waals surface area contributed by atoms with E-state index in [4.69, 9.17) is 0 Å². The lowest BCUT2D eigenvalue weighted by atomic mass is 10.1. The van der Waals surface area contributed by atoms with Gasteiger partial charge in [-0.15, -0.1) is 0 Å². The van der Waals surface area contributed by atoms with Crippen LogP contribution in [-0.4, -0.2) is 31.1 Å². The van der Waals surface area contributed by atoms with E-state index in [1.165, 1.54) is 12.8 Å². The van der Waals surface area contributed by atoms with Crippen LogP contribution in [0.5, 0.6) is 0 Å². The molecule has 26 heavy (non-hydrogen) atoms. The van der Waals surface area contributed by atoms with Crippen LogP contribution in [0.1, 0.15) is 25.3 Å². The predicted octanol–water partition coefficient (Wildman–Crippen LogP) is 4.13. The molecule has 6 nitrogen and oxygen atoms in total. The van der Waals surface area contributed by atoms with Gasteiger partial charge in [0.05, 0.1) is 11.7 Å². The number of aromatic amines is 1. The predicted molar refractivity (Wildman–Crippen MR) is 104 cm³/mol. The molecule has 0 radical (unpaired) electrons. The topological polar surface area (TPSA) is 70.9 Å². The van der Waals surface area contributed by atoms with Gasteiger partial charge in [0.25, 0.3) is 0 Å². The van der Waals surface area contributed by atoms with Crippen LogP contribution in [0, 0.1) is 5.41 Å². The smallest absolute Gasteiger partial charge is 0.224 e. The third-order valence-electron chi connectivity index (χ3n) is 5.29. The Labute approximate surface area is 151 Å². The van der Waals surface area contributed by atoms with Gasteiger partial charge in [-0.1, -0.05) is 19.6 Å². The highest BCUT2D eigenvalue weighted by Crippen LogP contribution is 2.44. The van der Waals surface area contributed by atoms with Crippen molar-refractivity contribution in [3.8, 4) is 11.1 Å². The van der Waals surface area contributed by atoms with E-state index in [0.717, 1.165) is 39.8 Å². The van der Waals surface area contributed by atoms with Gasteiger partial charge in [-0.25, -0.2) is 9.50 Å². The monoisotopic (exact) mass is 344 g/mol. The van der Waals surface area contributed by atoms with Crippen LogP contribution in [-0.2, 0) is 0 Å². The van der Waals surface area contributed by atoms with Gasteiger partial charge in [0, 0.05) is 41.6 Å². The molecule has 6 heteroatoms. The van der Waals surface area contributed by atoms with E-state index in [2.05, 4.69) is 51.0 Å². The summed E-state index contributed by atoms with van der Waals surface area (Å²) in [5.41, 5.74) is 5.49. The van der Waals surface area contributed by atoms with Crippen LogP contribution in [0.4, 0.5) is 5.95 Å². The van der Waals surface area contributed by atoms with E-state index >= 15 is 0 Å². The maximum absolute atomic E-state index is 4.63. The lowest BCUT2D eigenvalue weighted by Gasteiger charge is -2.09. The first-order valence-electron chi connectivity index (χ1n) is 8.83. The summed E-state index contributed by atoms with van der Waals surface area (Å²) >= 11 is 0. The number of nitrogens with zero attached hydrogens (tertiary/aromatic N) is 4. The van der Waals surface area contributed by atoms with Crippen LogP contribution in [0.25, 0.3) is 33.8 Å². The molecule has 130 valence electrons. The normalized spacial score (nSPS) is 15.4. The molecule has 1 aliphatic rings. The molecule has 1 aliphatic carbocycles. The fraction of sp³-hybridized carbons (Fsp3) is 0.250. The van der Waals surface area contributed by atoms with Gasteiger partial charge in [-0.2, -0.15) is 10.1 Å². The van der Waals surface area contributed by atoms with E-state index < -0.39 is 0 Å². The molecule has 0 spiro atoms. The quantitative estimate of drug-likeness (QED) is 0.571. The van der Waals surface area contributed by atoms with Gasteiger partial charge in [-0.05, 0) is 36.0 Å². The molecule has 0 aliphatic heterocycles. The van der Waals surface area contributed by atoms with Crippen molar-refractivity contribution >= 4 is 28.6 Å². The van der Waals surface area contributed by atoms with E-state index in [9.17, 15) is 0 Å². The molecule has 0 aromatic carbocycles. The second kappa shape index (κ2) is 5.42. The van der Waals surface area contributed by atoms with E-state index in [1.54, 1.807) is 0 Å². The van der Waals surface area contributed by atoms with Crippen LogP contribution in [0.15, 0.2) is 43.5 Å². The molecule has 0 bridgehead atoms. The van der Waals surface area contributed by atoms with Gasteiger partial charge < -0.3 is 10.3 Å². The van der Waals surface area contributed by atoms with Crippen molar-refractivity contribution in [1.29, 1.82) is 0 Å². The second-order valence-electron chi connectivity index (χ2n) is 7.37. The molecule has 1 saturated carbocycles. The van der Waals surface area contributed by atoms with E-state index in [0.29, 0.717) is 11.4 Å². The molecule has 0 atom stereocenters. The first-order chi connectivity index (χ1) is 12.6. The highest BCUT2D eigenvalue weighted by Gasteiger charge is 2.36. The largest absolute Gasteiger partial charge is 0.354 e. The zero-order valence-electron chi connectivity index (χ0n) is 14.7. The summed E-state index contributed by atoms with van der Waals surface area (Å²) in [6.45, 7) is 7.07. The summed E-state index contributed by atoms with van der Waals surface area (Å²) < 4.78 is 1.85. The lowest BCUT2D eigenvalue weighted by molar-refractivity contribution is 0.608. The minimum atomic E-state index is 0.419. The summed E-state index contributed by atoms with van der Waals surface area (Å²) in [5.74, 6) is 0.680. The highest BCUT2D eigenvalue weighted by atomic mass is 15.2. The Morgan fingerprint density at radius 1 is 1.38 bits per heavy atom. The lowest BCUT2D eigenvalue weighted by Crippen LogP contribution is -2.13. The second-order valence-corrected chi connectivity index (χ2v) is 7.37. The van der Waals surface area contributed by atoms with Crippen molar-refractivity contribution in [2.45, 2.75) is 19.8 Å². The van der Waals surface area contributed by atoms with Crippen molar-refractivity contribution in [1.82, 2.24) is 24.6 Å². The van der Waals surface area contributed by atoms with Gasteiger partial charge >= 0.3 is 0 Å². The first kappa shape index (κ1) is 15.1. The van der Waals surface area contributed by atoms with Crippen molar-refractivity contribution in [2.24, 2.45) is 5.41 Å². The Bertz CT molecular complexity index is 1130. The standard InChI is InChI=1S/C20H20N6/c1-3-13-9-24-26-7-4-14(8-17(13)26)15-10-21-18-16(15)11-22-19(25-18)23-12-20(2)5-6-20/h3-4,7-11H,1,5-6,12H2,2H3,(H2,21,22,23,25). The van der Waals surface area contributed by atoms with Gasteiger partial charge in [0.2, 0.25) is 5.95 Å². The molecule has 1 fully saturated rings. The minimum absolute atomic E-state index is 0.419. The maximum Gasteiger partial charge on any atom is 0.224 e. The Kier molecular flexibility index (Phi) is 3.16. The Morgan fingerprint density at radius 2 is 2.27 bits per heavy atom. The molecular weight excluding hydrogens is 324 g/mol. The number of nitrogens with one attached hydrogen (secondary N) is 2.